The first-order valence-corrected chi connectivity index (χ1v) is 20.3. The van der Waals surface area contributed by atoms with Crippen molar-refractivity contribution < 1.29 is 41.8 Å². The highest BCUT2D eigenvalue weighted by molar-refractivity contribution is 7.53. The van der Waals surface area contributed by atoms with Gasteiger partial charge in [-0.1, -0.05) is 26.0 Å². The number of aromatic nitrogens is 2. The third-order valence-corrected chi connectivity index (χ3v) is 13.8. The highest BCUT2D eigenvalue weighted by Gasteiger charge is 2.46. The molecule has 0 bridgehead atoms. The molecule has 2 amide bonds. The van der Waals surface area contributed by atoms with Crippen molar-refractivity contribution in [3.63, 3.8) is 0 Å². The van der Waals surface area contributed by atoms with Crippen molar-refractivity contribution in [3.8, 4) is 5.75 Å². The van der Waals surface area contributed by atoms with Gasteiger partial charge < -0.3 is 35.0 Å². The molecular weight excluding hydrogens is 738 g/mol. The second kappa shape index (κ2) is 15.7. The number of nitrogens with zero attached hydrogens (tertiary/aromatic N) is 5. The molecule has 0 unspecified atom stereocenters. The first-order valence-electron chi connectivity index (χ1n) is 18.6. The van der Waals surface area contributed by atoms with Crippen LogP contribution in [0.1, 0.15) is 97.8 Å². The number of ether oxygens (including phenoxy) is 1. The Labute approximate surface area is 318 Å². The van der Waals surface area contributed by atoms with Gasteiger partial charge in [-0.05, 0) is 79.3 Å². The Bertz CT molecular complexity index is 1970. The molecule has 0 atom stereocenters. The number of hydrogen-bond donors (Lipinski definition) is 4. The van der Waals surface area contributed by atoms with Crippen molar-refractivity contribution >= 4 is 42.6 Å². The van der Waals surface area contributed by atoms with Gasteiger partial charge in [0.15, 0.2) is 0 Å². The number of methoxy groups -OCH3 is 1. The van der Waals surface area contributed by atoms with Crippen LogP contribution < -0.4 is 15.4 Å². The van der Waals surface area contributed by atoms with Crippen LogP contribution in [0.5, 0.6) is 5.75 Å². The van der Waals surface area contributed by atoms with E-state index >= 15 is 0 Å². The van der Waals surface area contributed by atoms with Gasteiger partial charge in [-0.2, -0.15) is 18.2 Å². The van der Waals surface area contributed by atoms with Gasteiger partial charge in [-0.3, -0.25) is 19.1 Å². The molecule has 1 saturated heterocycles. The normalized spacial score (nSPS) is 19.7. The average Bonchev–Trinajstić information content (AvgIpc) is 3.45. The summed E-state index contributed by atoms with van der Waals surface area (Å²) in [6.07, 6.45) is -0.0706. The molecule has 1 saturated carbocycles. The first kappa shape index (κ1) is 40.4. The molecule has 2 aliphatic heterocycles. The second-order valence-corrected chi connectivity index (χ2v) is 16.6. The molecule has 3 aromatic rings. The molecule has 4 N–H and O–H groups in total. The summed E-state index contributed by atoms with van der Waals surface area (Å²) in [5.41, 5.74) is 1.84. The van der Waals surface area contributed by atoms with Gasteiger partial charge in [0.1, 0.15) is 17.1 Å². The van der Waals surface area contributed by atoms with E-state index in [1.54, 1.807) is 38.8 Å². The van der Waals surface area contributed by atoms with E-state index in [1.165, 1.54) is 25.3 Å². The van der Waals surface area contributed by atoms with E-state index in [9.17, 15) is 37.1 Å². The molecule has 3 heterocycles. The number of carbonyl (C=O) groups excluding carboxylic acids is 2. The second-order valence-electron chi connectivity index (χ2n) is 14.7. The largest absolute Gasteiger partial charge is 0.495 e. The number of rotatable bonds is 11. The number of fused-ring (bicyclic) bond motifs is 1. The lowest BCUT2D eigenvalue weighted by atomic mass is 9.78. The number of halogens is 3. The topological polar surface area (TPSA) is 160 Å². The summed E-state index contributed by atoms with van der Waals surface area (Å²) >= 11 is 0. The Kier molecular flexibility index (Phi) is 11.6. The Morgan fingerprint density at radius 1 is 1.00 bits per heavy atom. The summed E-state index contributed by atoms with van der Waals surface area (Å²) < 4.78 is 61.2. The summed E-state index contributed by atoms with van der Waals surface area (Å²) in [7, 11) is -1.56. The minimum atomic E-state index is -4.83. The summed E-state index contributed by atoms with van der Waals surface area (Å²) in [6, 6.07) is 8.53. The van der Waals surface area contributed by atoms with Crippen molar-refractivity contribution in [3.05, 3.63) is 64.3 Å². The number of hydrogen-bond acceptors (Lipinski definition) is 9. The number of carbonyl (C=O) groups is 2. The maximum atomic E-state index is 14.4. The lowest BCUT2D eigenvalue weighted by Gasteiger charge is -2.42. The molecule has 2 fully saturated rings. The number of anilines is 4. The SMILES string of the molecule is CCC(CC)(c1ccc(Nc2ncc(C(F)(F)F)c(Nc3ccc([C@H]4CC[C@@H](N5CCN(C(C)=O)CC5)CC4)c4c3C(=O)N(C)C4)n2)c(OC)c1)P(=O)(O)O. The van der Waals surface area contributed by atoms with Crippen molar-refractivity contribution in [1.82, 2.24) is 24.7 Å². The summed E-state index contributed by atoms with van der Waals surface area (Å²) in [5, 5.41) is 4.27. The van der Waals surface area contributed by atoms with E-state index in [-0.39, 0.29) is 53.6 Å². The van der Waals surface area contributed by atoms with Crippen LogP contribution in [0.2, 0.25) is 0 Å². The zero-order chi connectivity index (χ0) is 39.9. The van der Waals surface area contributed by atoms with Crippen LogP contribution >= 0.6 is 7.60 Å². The Morgan fingerprint density at radius 2 is 1.65 bits per heavy atom. The van der Waals surface area contributed by atoms with Crippen LogP contribution in [-0.4, -0.2) is 92.6 Å². The van der Waals surface area contributed by atoms with Gasteiger partial charge in [0.25, 0.3) is 5.91 Å². The maximum absolute atomic E-state index is 14.4. The van der Waals surface area contributed by atoms with Gasteiger partial charge >= 0.3 is 13.8 Å². The number of nitrogens with one attached hydrogen (secondary N) is 2. The number of amides is 2. The third-order valence-electron chi connectivity index (χ3n) is 11.8. The molecule has 1 aromatic heterocycles. The van der Waals surface area contributed by atoms with Gasteiger partial charge in [0, 0.05) is 58.9 Å². The van der Waals surface area contributed by atoms with E-state index < -0.39 is 30.3 Å². The molecular formula is C38H49F3N7O6P. The van der Waals surface area contributed by atoms with Crippen LogP contribution in [0.15, 0.2) is 36.5 Å². The molecule has 2 aromatic carbocycles. The molecule has 298 valence electrons. The fourth-order valence-electron chi connectivity index (χ4n) is 8.53. The van der Waals surface area contributed by atoms with Crippen molar-refractivity contribution in [1.29, 1.82) is 0 Å². The lowest BCUT2D eigenvalue weighted by molar-refractivity contribution is -0.137. The van der Waals surface area contributed by atoms with E-state index in [2.05, 4.69) is 25.5 Å². The van der Waals surface area contributed by atoms with Crippen LogP contribution in [0.3, 0.4) is 0 Å². The van der Waals surface area contributed by atoms with Crippen LogP contribution in [0, 0.1) is 0 Å². The van der Waals surface area contributed by atoms with Crippen LogP contribution in [0.4, 0.5) is 36.3 Å². The summed E-state index contributed by atoms with van der Waals surface area (Å²) in [4.78, 5) is 59.9. The van der Waals surface area contributed by atoms with E-state index in [0.717, 1.165) is 63.0 Å². The Morgan fingerprint density at radius 3 is 2.24 bits per heavy atom. The number of alkyl halides is 3. The molecule has 17 heteroatoms. The van der Waals surface area contributed by atoms with Gasteiger partial charge in [0.2, 0.25) is 11.9 Å². The minimum absolute atomic E-state index is 0.0995. The predicted molar refractivity (Wildman–Crippen MR) is 202 cm³/mol. The van der Waals surface area contributed by atoms with Crippen molar-refractivity contribution in [2.75, 3.05) is 51.0 Å². The lowest BCUT2D eigenvalue weighted by Crippen LogP contribution is -2.52. The Balaban J connectivity index is 1.26. The van der Waals surface area contributed by atoms with E-state index in [0.29, 0.717) is 29.9 Å². The molecule has 3 aliphatic rings. The van der Waals surface area contributed by atoms with Crippen molar-refractivity contribution in [2.45, 2.75) is 89.1 Å². The fraction of sp³-hybridized carbons (Fsp3) is 0.526. The zero-order valence-corrected chi connectivity index (χ0v) is 32.6. The maximum Gasteiger partial charge on any atom is 0.421 e. The smallest absolute Gasteiger partial charge is 0.421 e. The minimum Gasteiger partial charge on any atom is -0.495 e. The van der Waals surface area contributed by atoms with Gasteiger partial charge in [-0.25, -0.2) is 4.98 Å². The predicted octanol–water partition coefficient (Wildman–Crippen LogP) is 6.96. The summed E-state index contributed by atoms with van der Waals surface area (Å²) in [5.74, 6) is -0.581. The van der Waals surface area contributed by atoms with Crippen LogP contribution in [0.25, 0.3) is 0 Å². The molecule has 55 heavy (non-hydrogen) atoms. The molecule has 0 radical (unpaired) electrons. The average molecular weight is 788 g/mol. The zero-order valence-electron chi connectivity index (χ0n) is 31.7. The first-order chi connectivity index (χ1) is 26.0. The molecule has 0 spiro atoms. The quantitative estimate of drug-likeness (QED) is 0.149. The fourth-order valence-corrected chi connectivity index (χ4v) is 9.83. The summed E-state index contributed by atoms with van der Waals surface area (Å²) in [6.45, 7) is 8.47. The third kappa shape index (κ3) is 7.91. The van der Waals surface area contributed by atoms with Crippen LogP contribution in [-0.2, 0) is 27.2 Å². The number of piperazine rings is 1. The molecule has 1 aliphatic carbocycles. The standard InChI is InChI=1S/C38H49F3N7O6P/c1-6-37(7-2,55(51,52)53)25-10-14-30(32(20-25)54-5)44-36-42-21-29(38(39,40)41)34(45-36)43-31-15-13-27(28-22-46(4)35(50)33(28)31)24-8-11-26(12-9-24)48-18-16-47(17-19-48)23(3)49/h10,13-15,20-21,24,26H,6-9,11-12,16-19,22H2,1-5H3,(H2,51,52,53)(H2,42,43,44,45)/t24-,26+. The van der Waals surface area contributed by atoms with Gasteiger partial charge in [-0.15, -0.1) is 0 Å². The Hall–Kier alpha value is -4.24. The molecule has 6 rings (SSSR count). The van der Waals surface area contributed by atoms with E-state index in [4.69, 9.17) is 4.74 Å². The van der Waals surface area contributed by atoms with E-state index in [1.807, 2.05) is 11.0 Å². The van der Waals surface area contributed by atoms with Gasteiger partial charge in [0.05, 0.1) is 29.2 Å². The monoisotopic (exact) mass is 787 g/mol. The highest BCUT2D eigenvalue weighted by atomic mass is 31.2. The highest BCUT2D eigenvalue weighted by Crippen LogP contribution is 2.61. The molecule has 13 nitrogen and oxygen atoms in total. The number of benzene rings is 2. The van der Waals surface area contributed by atoms with Crippen molar-refractivity contribution in [2.24, 2.45) is 0 Å².